The van der Waals surface area contributed by atoms with Gasteiger partial charge in [0.05, 0.1) is 17.7 Å². The molecule has 0 heterocycles. The number of para-hydroxylation sites is 2. The molecular formula is C15H13NO4. The molecule has 0 bridgehead atoms. The SMILES string of the molecule is O=C(Cc1ccccc1O)Nc1ccccc1C(=O)O. The summed E-state index contributed by atoms with van der Waals surface area (Å²) in [6.07, 6.45) is -0.0272. The lowest BCUT2D eigenvalue weighted by atomic mass is 10.1. The third-order valence-electron chi connectivity index (χ3n) is 2.77. The van der Waals surface area contributed by atoms with Crippen molar-refractivity contribution in [3.05, 3.63) is 59.7 Å². The number of carboxylic acid groups (broad SMARTS) is 1. The number of carbonyl (C=O) groups is 2. The Bertz CT molecular complexity index is 652. The normalized spacial score (nSPS) is 10.0. The van der Waals surface area contributed by atoms with E-state index >= 15 is 0 Å². The predicted molar refractivity (Wildman–Crippen MR) is 73.8 cm³/mol. The molecule has 20 heavy (non-hydrogen) atoms. The van der Waals surface area contributed by atoms with E-state index in [9.17, 15) is 14.7 Å². The standard InChI is InChI=1S/C15H13NO4/c17-13-8-4-1-5-10(13)9-14(18)16-12-7-3-2-6-11(12)15(19)20/h1-8,17H,9H2,(H,16,18)(H,19,20). The third kappa shape index (κ3) is 3.14. The number of amides is 1. The van der Waals surface area contributed by atoms with Crippen molar-refractivity contribution in [2.24, 2.45) is 0 Å². The molecule has 0 saturated carbocycles. The van der Waals surface area contributed by atoms with Crippen LogP contribution in [0.2, 0.25) is 0 Å². The highest BCUT2D eigenvalue weighted by Gasteiger charge is 2.12. The van der Waals surface area contributed by atoms with Crippen LogP contribution in [0.1, 0.15) is 15.9 Å². The third-order valence-corrected chi connectivity index (χ3v) is 2.77. The molecule has 2 aromatic rings. The topological polar surface area (TPSA) is 86.6 Å². The van der Waals surface area contributed by atoms with E-state index in [-0.39, 0.29) is 29.3 Å². The van der Waals surface area contributed by atoms with Gasteiger partial charge in [0.25, 0.3) is 0 Å². The van der Waals surface area contributed by atoms with Gasteiger partial charge < -0.3 is 15.5 Å². The second kappa shape index (κ2) is 5.88. The number of carboxylic acids is 1. The molecule has 1 amide bonds. The highest BCUT2D eigenvalue weighted by molar-refractivity contribution is 6.01. The molecular weight excluding hydrogens is 258 g/mol. The zero-order chi connectivity index (χ0) is 14.5. The van der Waals surface area contributed by atoms with E-state index in [1.807, 2.05) is 0 Å². The Morgan fingerprint density at radius 3 is 2.35 bits per heavy atom. The van der Waals surface area contributed by atoms with E-state index in [4.69, 9.17) is 5.11 Å². The molecule has 3 N–H and O–H groups in total. The number of benzene rings is 2. The number of aromatic hydroxyl groups is 1. The minimum atomic E-state index is -1.11. The molecule has 2 rings (SSSR count). The van der Waals surface area contributed by atoms with Crippen LogP contribution in [0.15, 0.2) is 48.5 Å². The lowest BCUT2D eigenvalue weighted by Crippen LogP contribution is -2.16. The summed E-state index contributed by atoms with van der Waals surface area (Å²) in [7, 11) is 0. The van der Waals surface area contributed by atoms with Crippen LogP contribution in [0.25, 0.3) is 0 Å². The Morgan fingerprint density at radius 2 is 1.65 bits per heavy atom. The monoisotopic (exact) mass is 271 g/mol. The maximum Gasteiger partial charge on any atom is 0.337 e. The number of phenolic OH excluding ortho intramolecular Hbond substituents is 1. The van der Waals surface area contributed by atoms with Gasteiger partial charge in [-0.2, -0.15) is 0 Å². The van der Waals surface area contributed by atoms with Crippen molar-refractivity contribution in [1.29, 1.82) is 0 Å². The highest BCUT2D eigenvalue weighted by Crippen LogP contribution is 2.18. The minimum Gasteiger partial charge on any atom is -0.508 e. The Morgan fingerprint density at radius 1 is 1.00 bits per heavy atom. The summed E-state index contributed by atoms with van der Waals surface area (Å²) < 4.78 is 0. The zero-order valence-corrected chi connectivity index (χ0v) is 10.5. The molecule has 0 atom stereocenters. The van der Waals surface area contributed by atoms with E-state index in [0.717, 1.165) is 0 Å². The molecule has 2 aromatic carbocycles. The Labute approximate surface area is 115 Å². The quantitative estimate of drug-likeness (QED) is 0.796. The first-order chi connectivity index (χ1) is 9.58. The van der Waals surface area contributed by atoms with E-state index in [2.05, 4.69) is 5.32 Å². The van der Waals surface area contributed by atoms with Gasteiger partial charge in [-0.1, -0.05) is 30.3 Å². The van der Waals surface area contributed by atoms with Gasteiger partial charge in [0.2, 0.25) is 5.91 Å². The van der Waals surface area contributed by atoms with Gasteiger partial charge in [-0.15, -0.1) is 0 Å². The number of aromatic carboxylic acids is 1. The van der Waals surface area contributed by atoms with Gasteiger partial charge in [-0.3, -0.25) is 4.79 Å². The molecule has 0 radical (unpaired) electrons. The predicted octanol–water partition coefficient (Wildman–Crippen LogP) is 2.27. The van der Waals surface area contributed by atoms with E-state index < -0.39 is 5.97 Å². The average Bonchev–Trinajstić information content (AvgIpc) is 2.41. The molecule has 0 fully saturated rings. The maximum atomic E-state index is 11.9. The lowest BCUT2D eigenvalue weighted by molar-refractivity contribution is -0.115. The van der Waals surface area contributed by atoms with Crippen molar-refractivity contribution in [3.63, 3.8) is 0 Å². The fourth-order valence-electron chi connectivity index (χ4n) is 1.81. The fourth-order valence-corrected chi connectivity index (χ4v) is 1.81. The Hall–Kier alpha value is -2.82. The van der Waals surface area contributed by atoms with Crippen molar-refractivity contribution >= 4 is 17.6 Å². The maximum absolute atomic E-state index is 11.9. The van der Waals surface area contributed by atoms with Crippen molar-refractivity contribution in [1.82, 2.24) is 0 Å². The second-order valence-electron chi connectivity index (χ2n) is 4.20. The summed E-state index contributed by atoms with van der Waals surface area (Å²) in [6.45, 7) is 0. The number of nitrogens with one attached hydrogen (secondary N) is 1. The van der Waals surface area contributed by atoms with Gasteiger partial charge in [-0.25, -0.2) is 4.79 Å². The van der Waals surface area contributed by atoms with Crippen molar-refractivity contribution in [2.75, 3.05) is 5.32 Å². The summed E-state index contributed by atoms with van der Waals surface area (Å²) in [5.74, 6) is -1.46. The van der Waals surface area contributed by atoms with Gasteiger partial charge in [0.1, 0.15) is 5.75 Å². The summed E-state index contributed by atoms with van der Waals surface area (Å²) in [5, 5.41) is 21.2. The van der Waals surface area contributed by atoms with Gasteiger partial charge in [-0.05, 0) is 18.2 Å². The summed E-state index contributed by atoms with van der Waals surface area (Å²) in [4.78, 5) is 22.9. The number of hydrogen-bond acceptors (Lipinski definition) is 3. The van der Waals surface area contributed by atoms with Crippen LogP contribution in [-0.4, -0.2) is 22.1 Å². The smallest absolute Gasteiger partial charge is 0.337 e. The highest BCUT2D eigenvalue weighted by atomic mass is 16.4. The summed E-state index contributed by atoms with van der Waals surface area (Å²) in [5.41, 5.74) is 0.747. The summed E-state index contributed by atoms with van der Waals surface area (Å²) >= 11 is 0. The van der Waals surface area contributed by atoms with Gasteiger partial charge in [0.15, 0.2) is 0 Å². The first-order valence-corrected chi connectivity index (χ1v) is 5.97. The molecule has 0 saturated heterocycles. The lowest BCUT2D eigenvalue weighted by Gasteiger charge is -2.09. The number of phenols is 1. The molecule has 5 nitrogen and oxygen atoms in total. The number of anilines is 1. The number of carbonyl (C=O) groups excluding carboxylic acids is 1. The first kappa shape index (κ1) is 13.6. The van der Waals surface area contributed by atoms with Crippen molar-refractivity contribution in [2.45, 2.75) is 6.42 Å². The minimum absolute atomic E-state index is 0.0260. The Kier molecular flexibility index (Phi) is 4.00. The first-order valence-electron chi connectivity index (χ1n) is 5.97. The van der Waals surface area contributed by atoms with Crippen molar-refractivity contribution < 1.29 is 19.8 Å². The molecule has 0 unspecified atom stereocenters. The zero-order valence-electron chi connectivity index (χ0n) is 10.5. The second-order valence-corrected chi connectivity index (χ2v) is 4.20. The largest absolute Gasteiger partial charge is 0.508 e. The van der Waals surface area contributed by atoms with Crippen LogP contribution in [-0.2, 0) is 11.2 Å². The van der Waals surface area contributed by atoms with Crippen LogP contribution < -0.4 is 5.32 Å². The van der Waals surface area contributed by atoms with E-state index in [1.165, 1.54) is 18.2 Å². The van der Waals surface area contributed by atoms with Gasteiger partial charge >= 0.3 is 5.97 Å². The Balaban J connectivity index is 2.13. The van der Waals surface area contributed by atoms with Crippen molar-refractivity contribution in [3.8, 4) is 5.75 Å². The average molecular weight is 271 g/mol. The van der Waals surface area contributed by atoms with E-state index in [0.29, 0.717) is 5.56 Å². The number of rotatable bonds is 4. The van der Waals surface area contributed by atoms with Crippen LogP contribution in [0, 0.1) is 0 Å². The van der Waals surface area contributed by atoms with Crippen LogP contribution in [0.3, 0.4) is 0 Å². The van der Waals surface area contributed by atoms with Crippen LogP contribution in [0.4, 0.5) is 5.69 Å². The molecule has 102 valence electrons. The molecule has 5 heteroatoms. The fraction of sp³-hybridized carbons (Fsp3) is 0.0667. The van der Waals surface area contributed by atoms with Crippen LogP contribution in [0.5, 0.6) is 5.75 Å². The van der Waals surface area contributed by atoms with E-state index in [1.54, 1.807) is 30.3 Å². The molecule has 0 aliphatic heterocycles. The molecule has 0 spiro atoms. The molecule has 0 aliphatic rings. The molecule has 0 aliphatic carbocycles. The molecule has 0 aromatic heterocycles. The number of hydrogen-bond donors (Lipinski definition) is 3. The summed E-state index contributed by atoms with van der Waals surface area (Å²) in [6, 6.07) is 12.7. The van der Waals surface area contributed by atoms with Gasteiger partial charge in [0, 0.05) is 5.56 Å². The van der Waals surface area contributed by atoms with Crippen LogP contribution >= 0.6 is 0 Å².